The standard InChI is InChI=1S/C51H36N6/c1-52-48(39-23-11-4-12-24-39)56-46(37-19-7-2-8-20-37)44(54-50(56)41-27-15-6-16-28-41)35-31-33-36(34-32-35)45-47(38-21-9-3-10-22-38)57-49(40-25-13-5-14-26-40)53-43-30-18-17-29-42(43)51(57)55-45/h2-34H,1H3. The Morgan fingerprint density at radius 1 is 0.404 bits per heavy atom. The number of hydrogen-bond acceptors (Lipinski definition) is 4. The van der Waals surface area contributed by atoms with Crippen LogP contribution in [0.4, 0.5) is 0 Å². The Morgan fingerprint density at radius 2 is 0.860 bits per heavy atom. The number of aromatic nitrogens is 5. The molecule has 57 heavy (non-hydrogen) atoms. The van der Waals surface area contributed by atoms with Crippen LogP contribution in [0.1, 0.15) is 5.56 Å². The van der Waals surface area contributed by atoms with Crippen molar-refractivity contribution in [1.29, 1.82) is 0 Å². The van der Waals surface area contributed by atoms with E-state index in [1.54, 1.807) is 0 Å². The van der Waals surface area contributed by atoms with Crippen molar-refractivity contribution < 1.29 is 0 Å². The lowest BCUT2D eigenvalue weighted by molar-refractivity contribution is 1.12. The van der Waals surface area contributed by atoms with Crippen molar-refractivity contribution in [2.75, 3.05) is 7.05 Å². The van der Waals surface area contributed by atoms with Gasteiger partial charge in [-0.25, -0.2) is 15.0 Å². The van der Waals surface area contributed by atoms with Gasteiger partial charge in [-0.15, -0.1) is 0 Å². The molecule has 0 unspecified atom stereocenters. The summed E-state index contributed by atoms with van der Waals surface area (Å²) in [7, 11) is 1.85. The third kappa shape index (κ3) is 6.01. The molecule has 6 nitrogen and oxygen atoms in total. The molecule has 0 aliphatic rings. The van der Waals surface area contributed by atoms with Gasteiger partial charge in [0, 0.05) is 51.4 Å². The lowest BCUT2D eigenvalue weighted by atomic mass is 10.0. The van der Waals surface area contributed by atoms with Crippen LogP contribution in [-0.2, 0) is 0 Å². The third-order valence-electron chi connectivity index (χ3n) is 10.4. The van der Waals surface area contributed by atoms with Crippen molar-refractivity contribution in [3.63, 3.8) is 0 Å². The zero-order valence-corrected chi connectivity index (χ0v) is 31.2. The summed E-state index contributed by atoms with van der Waals surface area (Å²) in [4.78, 5) is 21.0. The van der Waals surface area contributed by atoms with E-state index in [1.807, 2.05) is 55.6 Å². The highest BCUT2D eigenvalue weighted by atomic mass is 15.2. The predicted octanol–water partition coefficient (Wildman–Crippen LogP) is 12.0. The minimum Gasteiger partial charge on any atom is -0.275 e. The molecule has 0 saturated heterocycles. The van der Waals surface area contributed by atoms with Gasteiger partial charge in [0.2, 0.25) is 0 Å². The quantitative estimate of drug-likeness (QED) is 0.121. The Morgan fingerprint density at radius 3 is 1.42 bits per heavy atom. The molecule has 0 amide bonds. The fraction of sp³-hybridized carbons (Fsp3) is 0.0196. The number of aliphatic imine (C=N–C) groups is 1. The first-order chi connectivity index (χ1) is 28.3. The largest absolute Gasteiger partial charge is 0.275 e. The number of benzene rings is 7. The molecule has 0 spiro atoms. The molecule has 0 fully saturated rings. The fourth-order valence-corrected chi connectivity index (χ4v) is 7.78. The van der Waals surface area contributed by atoms with E-state index in [9.17, 15) is 0 Å². The highest BCUT2D eigenvalue weighted by molar-refractivity contribution is 6.06. The van der Waals surface area contributed by atoms with E-state index in [2.05, 4.69) is 161 Å². The SMILES string of the molecule is CN=C(c1ccccc1)n1c(-c2ccccc2)nc(-c2ccc(-c3nc4c5ccccc5nc(-c5ccccc5)n4c3-c3ccccc3)cc2)c1-c1ccccc1. The average molecular weight is 733 g/mol. The van der Waals surface area contributed by atoms with Crippen molar-refractivity contribution in [2.24, 2.45) is 4.99 Å². The Kier molecular flexibility index (Phi) is 8.61. The summed E-state index contributed by atoms with van der Waals surface area (Å²) in [5, 5.41) is 0.996. The van der Waals surface area contributed by atoms with Crippen LogP contribution in [0, 0.1) is 0 Å². The van der Waals surface area contributed by atoms with Crippen LogP contribution in [0.2, 0.25) is 0 Å². The van der Waals surface area contributed by atoms with Crippen LogP contribution < -0.4 is 0 Å². The van der Waals surface area contributed by atoms with E-state index < -0.39 is 0 Å². The maximum atomic E-state index is 5.46. The van der Waals surface area contributed by atoms with Gasteiger partial charge in [-0.1, -0.05) is 188 Å². The molecule has 6 heteroatoms. The molecule has 3 heterocycles. The molecule has 10 rings (SSSR count). The summed E-state index contributed by atoms with van der Waals surface area (Å²) < 4.78 is 4.44. The van der Waals surface area contributed by atoms with Gasteiger partial charge in [0.25, 0.3) is 0 Å². The molecule has 0 aliphatic heterocycles. The van der Waals surface area contributed by atoms with E-state index in [0.29, 0.717) is 0 Å². The van der Waals surface area contributed by atoms with Gasteiger partial charge in [-0.2, -0.15) is 0 Å². The summed E-state index contributed by atoms with van der Waals surface area (Å²) in [5.41, 5.74) is 12.6. The first kappa shape index (κ1) is 33.8. The molecule has 10 aromatic rings. The molecule has 3 aromatic heterocycles. The van der Waals surface area contributed by atoms with Crippen LogP contribution in [0.25, 0.3) is 84.4 Å². The van der Waals surface area contributed by atoms with Gasteiger partial charge in [-0.3, -0.25) is 14.0 Å². The third-order valence-corrected chi connectivity index (χ3v) is 10.4. The van der Waals surface area contributed by atoms with Crippen molar-refractivity contribution >= 4 is 22.4 Å². The lowest BCUT2D eigenvalue weighted by Crippen LogP contribution is -2.16. The molecular weight excluding hydrogens is 697 g/mol. The molecule has 0 saturated carbocycles. The Bertz CT molecular complexity index is 3020. The van der Waals surface area contributed by atoms with E-state index in [4.69, 9.17) is 19.9 Å². The van der Waals surface area contributed by atoms with Crippen LogP contribution in [0.5, 0.6) is 0 Å². The van der Waals surface area contributed by atoms with Gasteiger partial charge in [0.15, 0.2) is 0 Å². The van der Waals surface area contributed by atoms with Gasteiger partial charge in [-0.05, 0) is 12.1 Å². The van der Waals surface area contributed by atoms with Crippen LogP contribution in [0.3, 0.4) is 0 Å². The number of hydrogen-bond donors (Lipinski definition) is 0. The summed E-state index contributed by atoms with van der Waals surface area (Å²) in [6.45, 7) is 0. The van der Waals surface area contributed by atoms with Gasteiger partial charge < -0.3 is 0 Å². The summed E-state index contributed by atoms with van der Waals surface area (Å²) >= 11 is 0. The maximum absolute atomic E-state index is 5.46. The maximum Gasteiger partial charge on any atom is 0.149 e. The van der Waals surface area contributed by atoms with Gasteiger partial charge in [0.05, 0.1) is 28.3 Å². The Balaban J connectivity index is 1.21. The van der Waals surface area contributed by atoms with Crippen molar-refractivity contribution in [2.45, 2.75) is 0 Å². The minimum absolute atomic E-state index is 0.816. The second-order valence-corrected chi connectivity index (χ2v) is 13.8. The summed E-state index contributed by atoms with van der Waals surface area (Å²) in [6, 6.07) is 68.9. The van der Waals surface area contributed by atoms with Crippen LogP contribution in [0.15, 0.2) is 205 Å². The van der Waals surface area contributed by atoms with Gasteiger partial charge >= 0.3 is 0 Å². The van der Waals surface area contributed by atoms with Gasteiger partial charge in [0.1, 0.15) is 23.1 Å². The van der Waals surface area contributed by atoms with Crippen LogP contribution >= 0.6 is 0 Å². The number of fused-ring (bicyclic) bond motifs is 3. The van der Waals surface area contributed by atoms with Crippen LogP contribution in [-0.4, -0.2) is 36.8 Å². The van der Waals surface area contributed by atoms with E-state index in [-0.39, 0.29) is 0 Å². The monoisotopic (exact) mass is 732 g/mol. The zero-order chi connectivity index (χ0) is 38.1. The molecule has 7 aromatic carbocycles. The summed E-state index contributed by atoms with van der Waals surface area (Å²) in [5.74, 6) is 2.48. The van der Waals surface area contributed by atoms with E-state index in [0.717, 1.165) is 95.8 Å². The first-order valence-corrected chi connectivity index (χ1v) is 19.1. The number of nitrogens with zero attached hydrogens (tertiary/aromatic N) is 6. The smallest absolute Gasteiger partial charge is 0.149 e. The van der Waals surface area contributed by atoms with E-state index >= 15 is 0 Å². The molecule has 0 aliphatic carbocycles. The topological polar surface area (TPSA) is 60.4 Å². The Hall–Kier alpha value is -7.70. The average Bonchev–Trinajstić information content (AvgIpc) is 3.89. The molecule has 0 atom stereocenters. The summed E-state index contributed by atoms with van der Waals surface area (Å²) in [6.07, 6.45) is 0. The molecule has 0 bridgehead atoms. The fourth-order valence-electron chi connectivity index (χ4n) is 7.78. The second kappa shape index (κ2) is 14.5. The minimum atomic E-state index is 0.816. The molecule has 0 N–H and O–H groups in total. The lowest BCUT2D eigenvalue weighted by Gasteiger charge is -2.16. The van der Waals surface area contributed by atoms with Crippen molar-refractivity contribution in [3.05, 3.63) is 206 Å². The zero-order valence-electron chi connectivity index (χ0n) is 31.2. The van der Waals surface area contributed by atoms with Crippen molar-refractivity contribution in [1.82, 2.24) is 23.9 Å². The molecular formula is C51H36N6. The molecule has 0 radical (unpaired) electrons. The van der Waals surface area contributed by atoms with Crippen molar-refractivity contribution in [3.8, 4) is 67.8 Å². The normalized spacial score (nSPS) is 11.7. The first-order valence-electron chi connectivity index (χ1n) is 19.1. The second-order valence-electron chi connectivity index (χ2n) is 13.8. The van der Waals surface area contributed by atoms with E-state index in [1.165, 1.54) is 0 Å². The highest BCUT2D eigenvalue weighted by Crippen LogP contribution is 2.41. The number of para-hydroxylation sites is 1. The highest BCUT2D eigenvalue weighted by Gasteiger charge is 2.26. The molecule has 270 valence electrons. The number of rotatable bonds is 7. The number of imidazole rings is 2. The predicted molar refractivity (Wildman–Crippen MR) is 233 cm³/mol. The Labute approximate surface area is 330 Å².